The molecule has 1 aromatic rings. The topological polar surface area (TPSA) is 29.3 Å². The Balaban J connectivity index is 2.15. The number of rotatable bonds is 5. The smallest absolute Gasteiger partial charge is 0.128 e. The lowest BCUT2D eigenvalue weighted by Crippen LogP contribution is -2.43. The predicted molar refractivity (Wildman–Crippen MR) is 87.0 cm³/mol. The number of benzene rings is 1. The summed E-state index contributed by atoms with van der Waals surface area (Å²) in [7, 11) is 0. The van der Waals surface area contributed by atoms with Crippen molar-refractivity contribution in [3.8, 4) is 0 Å². The highest BCUT2D eigenvalue weighted by Gasteiger charge is 2.34. The van der Waals surface area contributed by atoms with Gasteiger partial charge in [-0.1, -0.05) is 38.3 Å². The van der Waals surface area contributed by atoms with Crippen molar-refractivity contribution in [2.45, 2.75) is 45.6 Å². The molecule has 2 N–H and O–H groups in total. The molecule has 21 heavy (non-hydrogen) atoms. The number of nitrogens with zero attached hydrogens (tertiary/aromatic N) is 1. The SMILES string of the molecule is CCC1(CC)CCN(C(CN)c2cc(Cl)ccc2F)CC1. The Kier molecular flexibility index (Phi) is 5.64. The van der Waals surface area contributed by atoms with Gasteiger partial charge in [-0.3, -0.25) is 4.90 Å². The van der Waals surface area contributed by atoms with E-state index in [1.54, 1.807) is 12.1 Å². The molecule has 2 rings (SSSR count). The van der Waals surface area contributed by atoms with Gasteiger partial charge in [0.05, 0.1) is 0 Å². The minimum atomic E-state index is -0.210. The molecule has 1 fully saturated rings. The van der Waals surface area contributed by atoms with Crippen LogP contribution in [0.2, 0.25) is 5.02 Å². The van der Waals surface area contributed by atoms with Crippen LogP contribution in [0.5, 0.6) is 0 Å². The molecular formula is C17H26ClFN2. The Labute approximate surface area is 132 Å². The second-order valence-electron chi connectivity index (χ2n) is 6.16. The molecule has 0 spiro atoms. The quantitative estimate of drug-likeness (QED) is 0.874. The number of halogens is 2. The van der Waals surface area contributed by atoms with Crippen LogP contribution in [0.15, 0.2) is 18.2 Å². The normalized spacial score (nSPS) is 20.4. The second-order valence-corrected chi connectivity index (χ2v) is 6.60. The zero-order valence-electron chi connectivity index (χ0n) is 13.0. The molecule has 0 saturated carbocycles. The third-order valence-corrected chi connectivity index (χ3v) is 5.57. The summed E-state index contributed by atoms with van der Waals surface area (Å²) in [5, 5.41) is 0.568. The molecule has 1 aliphatic heterocycles. The van der Waals surface area contributed by atoms with Crippen molar-refractivity contribution < 1.29 is 4.39 Å². The van der Waals surface area contributed by atoms with Crippen molar-refractivity contribution in [3.05, 3.63) is 34.6 Å². The van der Waals surface area contributed by atoms with E-state index in [1.165, 1.54) is 31.7 Å². The van der Waals surface area contributed by atoms with Crippen LogP contribution >= 0.6 is 11.6 Å². The summed E-state index contributed by atoms with van der Waals surface area (Å²) < 4.78 is 14.1. The molecule has 118 valence electrons. The standard InChI is InChI=1S/C17H26ClFN2/c1-3-17(4-2)7-9-21(10-8-17)16(12-20)14-11-13(18)5-6-15(14)19/h5-6,11,16H,3-4,7-10,12,20H2,1-2H3. The third-order valence-electron chi connectivity index (χ3n) is 5.34. The van der Waals surface area contributed by atoms with Crippen molar-refractivity contribution >= 4 is 11.6 Å². The summed E-state index contributed by atoms with van der Waals surface area (Å²) in [5.41, 5.74) is 7.03. The van der Waals surface area contributed by atoms with Crippen LogP contribution in [-0.4, -0.2) is 24.5 Å². The number of hydrogen-bond acceptors (Lipinski definition) is 2. The maximum Gasteiger partial charge on any atom is 0.128 e. The molecule has 0 amide bonds. The zero-order valence-corrected chi connectivity index (χ0v) is 13.8. The van der Waals surface area contributed by atoms with E-state index in [4.69, 9.17) is 17.3 Å². The highest BCUT2D eigenvalue weighted by molar-refractivity contribution is 6.30. The average Bonchev–Trinajstić information content (AvgIpc) is 2.52. The van der Waals surface area contributed by atoms with E-state index in [-0.39, 0.29) is 11.9 Å². The number of nitrogens with two attached hydrogens (primary N) is 1. The first kappa shape index (κ1) is 16.7. The number of piperidine rings is 1. The van der Waals surface area contributed by atoms with Crippen molar-refractivity contribution in [3.63, 3.8) is 0 Å². The average molecular weight is 313 g/mol. The Morgan fingerprint density at radius 3 is 2.43 bits per heavy atom. The van der Waals surface area contributed by atoms with Crippen LogP contribution in [0.3, 0.4) is 0 Å². The number of hydrogen-bond donors (Lipinski definition) is 1. The van der Waals surface area contributed by atoms with Gasteiger partial charge in [0.1, 0.15) is 5.82 Å². The van der Waals surface area contributed by atoms with E-state index >= 15 is 0 Å². The molecule has 1 aromatic carbocycles. The summed E-state index contributed by atoms with van der Waals surface area (Å²) in [6.45, 7) is 6.93. The third kappa shape index (κ3) is 3.58. The van der Waals surface area contributed by atoms with E-state index in [0.29, 0.717) is 22.5 Å². The molecule has 0 aromatic heterocycles. The minimum Gasteiger partial charge on any atom is -0.329 e. The molecule has 4 heteroatoms. The van der Waals surface area contributed by atoms with E-state index in [0.717, 1.165) is 13.1 Å². The second kappa shape index (κ2) is 7.08. The fourth-order valence-corrected chi connectivity index (χ4v) is 3.69. The van der Waals surface area contributed by atoms with E-state index < -0.39 is 0 Å². The van der Waals surface area contributed by atoms with Gasteiger partial charge in [-0.25, -0.2) is 4.39 Å². The fraction of sp³-hybridized carbons (Fsp3) is 0.647. The summed E-state index contributed by atoms with van der Waals surface area (Å²) in [6.07, 6.45) is 4.77. The molecule has 1 heterocycles. The van der Waals surface area contributed by atoms with Crippen molar-refractivity contribution in [1.29, 1.82) is 0 Å². The van der Waals surface area contributed by atoms with E-state index in [9.17, 15) is 4.39 Å². The summed E-state index contributed by atoms with van der Waals surface area (Å²) in [4.78, 5) is 2.32. The number of likely N-dealkylation sites (tertiary alicyclic amines) is 1. The summed E-state index contributed by atoms with van der Waals surface area (Å²) in [5.74, 6) is -0.210. The van der Waals surface area contributed by atoms with Gasteiger partial charge in [0.25, 0.3) is 0 Å². The van der Waals surface area contributed by atoms with E-state index in [2.05, 4.69) is 18.7 Å². The lowest BCUT2D eigenvalue weighted by Gasteiger charge is -2.44. The maximum atomic E-state index is 14.1. The molecule has 0 radical (unpaired) electrons. The van der Waals surface area contributed by atoms with Crippen LogP contribution in [0.4, 0.5) is 4.39 Å². The Bertz CT molecular complexity index is 464. The van der Waals surface area contributed by atoms with Crippen LogP contribution in [0, 0.1) is 11.2 Å². The van der Waals surface area contributed by atoms with Gasteiger partial charge in [0, 0.05) is 23.2 Å². The van der Waals surface area contributed by atoms with Crippen LogP contribution in [-0.2, 0) is 0 Å². The molecular weight excluding hydrogens is 287 g/mol. The first-order valence-electron chi connectivity index (χ1n) is 7.94. The van der Waals surface area contributed by atoms with Gasteiger partial charge in [-0.15, -0.1) is 0 Å². The zero-order chi connectivity index (χ0) is 15.5. The predicted octanol–water partition coefficient (Wildman–Crippen LogP) is 4.38. The van der Waals surface area contributed by atoms with Crippen molar-refractivity contribution in [2.24, 2.45) is 11.1 Å². The molecule has 2 nitrogen and oxygen atoms in total. The molecule has 1 unspecified atom stereocenters. The van der Waals surface area contributed by atoms with Crippen molar-refractivity contribution in [1.82, 2.24) is 4.90 Å². The van der Waals surface area contributed by atoms with Crippen LogP contribution in [0.25, 0.3) is 0 Å². The maximum absolute atomic E-state index is 14.1. The van der Waals surface area contributed by atoms with Gasteiger partial charge in [0.15, 0.2) is 0 Å². The Morgan fingerprint density at radius 1 is 1.29 bits per heavy atom. The van der Waals surface area contributed by atoms with Gasteiger partial charge < -0.3 is 5.73 Å². The van der Waals surface area contributed by atoms with Gasteiger partial charge in [-0.2, -0.15) is 0 Å². The van der Waals surface area contributed by atoms with Gasteiger partial charge in [0.2, 0.25) is 0 Å². The molecule has 0 aliphatic carbocycles. The summed E-state index contributed by atoms with van der Waals surface area (Å²) >= 11 is 6.02. The van der Waals surface area contributed by atoms with Crippen molar-refractivity contribution in [2.75, 3.05) is 19.6 Å². The lowest BCUT2D eigenvalue weighted by atomic mass is 9.74. The highest BCUT2D eigenvalue weighted by Crippen LogP contribution is 2.40. The molecule has 0 bridgehead atoms. The minimum absolute atomic E-state index is 0.0737. The summed E-state index contributed by atoms with van der Waals surface area (Å²) in [6, 6.07) is 4.67. The largest absolute Gasteiger partial charge is 0.329 e. The molecule has 1 aliphatic rings. The monoisotopic (exact) mass is 312 g/mol. The fourth-order valence-electron chi connectivity index (χ4n) is 3.51. The molecule has 1 saturated heterocycles. The van der Waals surface area contributed by atoms with E-state index in [1.807, 2.05) is 0 Å². The molecule has 1 atom stereocenters. The lowest BCUT2D eigenvalue weighted by molar-refractivity contribution is 0.0669. The van der Waals surface area contributed by atoms with Crippen LogP contribution in [0.1, 0.15) is 51.1 Å². The van der Waals surface area contributed by atoms with Crippen LogP contribution < -0.4 is 5.73 Å². The van der Waals surface area contributed by atoms with Gasteiger partial charge in [-0.05, 0) is 49.5 Å². The Hall–Kier alpha value is -0.640. The first-order chi connectivity index (χ1) is 10.0. The van der Waals surface area contributed by atoms with Gasteiger partial charge >= 0.3 is 0 Å². The first-order valence-corrected chi connectivity index (χ1v) is 8.32. The highest BCUT2D eigenvalue weighted by atomic mass is 35.5. The Morgan fingerprint density at radius 2 is 1.90 bits per heavy atom.